The van der Waals surface area contributed by atoms with E-state index in [1.807, 2.05) is 0 Å². The minimum atomic E-state index is 1.27. The monoisotopic (exact) mass is 394 g/mol. The molecular formula is C29H18N2. The number of nitrogens with zero attached hydrogens (tertiary/aromatic N) is 2. The van der Waals surface area contributed by atoms with E-state index in [9.17, 15) is 0 Å². The second-order valence-corrected chi connectivity index (χ2v) is 8.65. The highest BCUT2D eigenvalue weighted by molar-refractivity contribution is 6.32. The van der Waals surface area contributed by atoms with Gasteiger partial charge in [-0.3, -0.25) is 0 Å². The Morgan fingerprint density at radius 1 is 0.452 bits per heavy atom. The van der Waals surface area contributed by atoms with E-state index < -0.39 is 0 Å². The molecule has 144 valence electrons. The summed E-state index contributed by atoms with van der Waals surface area (Å²) in [7, 11) is 2.18. The van der Waals surface area contributed by atoms with Gasteiger partial charge in [0.1, 0.15) is 0 Å². The molecule has 0 fully saturated rings. The molecule has 0 atom stereocenters. The quantitative estimate of drug-likeness (QED) is 0.250. The van der Waals surface area contributed by atoms with Crippen LogP contribution in [-0.4, -0.2) is 8.97 Å². The van der Waals surface area contributed by atoms with Gasteiger partial charge in [0.15, 0.2) is 0 Å². The van der Waals surface area contributed by atoms with Crippen LogP contribution in [0.15, 0.2) is 91.0 Å². The highest BCUT2D eigenvalue weighted by Crippen LogP contribution is 2.43. The number of hydrogen-bond acceptors (Lipinski definition) is 0. The van der Waals surface area contributed by atoms with Crippen LogP contribution >= 0.6 is 0 Å². The standard InChI is InChI=1S/C29H18N2/c1-30-22-12-5-9-19-20-10-4-11-21-26-18-8-3-2-7-17(18)15-16-25(26)31(29(20)21)24-14-6-13-23(30)28(24)27(19)22/h2-16H,1H3. The molecule has 8 aromatic rings. The highest BCUT2D eigenvalue weighted by Gasteiger charge is 2.20. The Morgan fingerprint density at radius 3 is 2.03 bits per heavy atom. The van der Waals surface area contributed by atoms with Gasteiger partial charge in [-0.25, -0.2) is 0 Å². The van der Waals surface area contributed by atoms with E-state index in [0.717, 1.165) is 0 Å². The van der Waals surface area contributed by atoms with Crippen molar-refractivity contribution in [3.8, 4) is 0 Å². The van der Waals surface area contributed by atoms with Crippen molar-refractivity contribution in [3.05, 3.63) is 91.0 Å². The SMILES string of the molecule is Cn1c2cccc3c4cccc5c6c7ccccc7ccc6n(c6cccc1c6c32)c45. The maximum Gasteiger partial charge on any atom is 0.0620 e. The van der Waals surface area contributed by atoms with E-state index in [-0.39, 0.29) is 0 Å². The summed E-state index contributed by atoms with van der Waals surface area (Å²) < 4.78 is 4.85. The van der Waals surface area contributed by atoms with Gasteiger partial charge in [-0.2, -0.15) is 0 Å². The van der Waals surface area contributed by atoms with E-state index in [1.54, 1.807) is 0 Å². The predicted octanol–water partition coefficient (Wildman–Crippen LogP) is 7.63. The summed E-state index contributed by atoms with van der Waals surface area (Å²) in [6.45, 7) is 0. The van der Waals surface area contributed by atoms with Crippen molar-refractivity contribution >= 4 is 70.7 Å². The fourth-order valence-corrected chi connectivity index (χ4v) is 5.99. The molecule has 3 aromatic heterocycles. The Hall–Kier alpha value is -4.04. The van der Waals surface area contributed by atoms with Crippen LogP contribution in [0.5, 0.6) is 0 Å². The first-order chi connectivity index (χ1) is 15.3. The van der Waals surface area contributed by atoms with Crippen molar-refractivity contribution in [1.82, 2.24) is 8.97 Å². The van der Waals surface area contributed by atoms with Crippen LogP contribution in [0.3, 0.4) is 0 Å². The Kier molecular flexibility index (Phi) is 2.62. The third kappa shape index (κ3) is 1.69. The number of hydrogen-bond donors (Lipinski definition) is 0. The zero-order valence-electron chi connectivity index (χ0n) is 17.1. The summed E-state index contributed by atoms with van der Waals surface area (Å²) in [5, 5.41) is 10.6. The smallest absolute Gasteiger partial charge is 0.0620 e. The Balaban J connectivity index is 1.88. The normalized spacial score (nSPS) is 12.7. The van der Waals surface area contributed by atoms with Gasteiger partial charge in [0.05, 0.1) is 22.1 Å². The van der Waals surface area contributed by atoms with Crippen LogP contribution in [0.4, 0.5) is 0 Å². The number of rotatable bonds is 0. The summed E-state index contributed by atoms with van der Waals surface area (Å²) in [5.74, 6) is 0. The lowest BCUT2D eigenvalue weighted by atomic mass is 10.0. The maximum atomic E-state index is 2.51. The van der Waals surface area contributed by atoms with Crippen molar-refractivity contribution in [2.24, 2.45) is 7.05 Å². The molecule has 2 nitrogen and oxygen atoms in total. The minimum Gasteiger partial charge on any atom is -0.344 e. The molecule has 5 aromatic carbocycles. The van der Waals surface area contributed by atoms with Gasteiger partial charge < -0.3 is 8.97 Å². The zero-order valence-corrected chi connectivity index (χ0v) is 17.1. The molecule has 0 spiro atoms. The second-order valence-electron chi connectivity index (χ2n) is 8.65. The average Bonchev–Trinajstić information content (AvgIpc) is 3.27. The van der Waals surface area contributed by atoms with Gasteiger partial charge in [0, 0.05) is 39.5 Å². The van der Waals surface area contributed by atoms with E-state index in [1.165, 1.54) is 70.7 Å². The molecule has 8 rings (SSSR count). The molecule has 0 saturated carbocycles. The molecule has 0 saturated heterocycles. The van der Waals surface area contributed by atoms with Gasteiger partial charge in [-0.1, -0.05) is 66.7 Å². The van der Waals surface area contributed by atoms with Crippen LogP contribution in [0.1, 0.15) is 0 Å². The summed E-state index contributed by atoms with van der Waals surface area (Å²) in [4.78, 5) is 0. The van der Waals surface area contributed by atoms with Crippen molar-refractivity contribution in [1.29, 1.82) is 0 Å². The molecule has 0 aliphatic rings. The number of para-hydroxylation sites is 1. The fraction of sp³-hybridized carbons (Fsp3) is 0.0345. The van der Waals surface area contributed by atoms with Crippen LogP contribution in [0.2, 0.25) is 0 Å². The molecule has 3 heterocycles. The third-order valence-electron chi connectivity index (χ3n) is 7.24. The van der Waals surface area contributed by atoms with Crippen molar-refractivity contribution in [2.75, 3.05) is 0 Å². The first-order valence-corrected chi connectivity index (χ1v) is 10.8. The summed E-state index contributed by atoms with van der Waals surface area (Å²) in [6.07, 6.45) is 0. The van der Waals surface area contributed by atoms with Gasteiger partial charge >= 0.3 is 0 Å². The van der Waals surface area contributed by atoms with E-state index in [2.05, 4.69) is 107 Å². The van der Waals surface area contributed by atoms with Crippen LogP contribution < -0.4 is 0 Å². The largest absolute Gasteiger partial charge is 0.344 e. The molecule has 0 aliphatic carbocycles. The molecule has 0 unspecified atom stereocenters. The van der Waals surface area contributed by atoms with Gasteiger partial charge in [0.25, 0.3) is 0 Å². The lowest BCUT2D eigenvalue weighted by Gasteiger charge is -2.04. The summed E-state index contributed by atoms with van der Waals surface area (Å²) in [5.41, 5.74) is 6.43. The summed E-state index contributed by atoms with van der Waals surface area (Å²) >= 11 is 0. The van der Waals surface area contributed by atoms with Crippen LogP contribution in [-0.2, 0) is 7.05 Å². The first-order valence-electron chi connectivity index (χ1n) is 10.8. The van der Waals surface area contributed by atoms with Crippen molar-refractivity contribution in [2.45, 2.75) is 0 Å². The third-order valence-corrected chi connectivity index (χ3v) is 7.24. The highest BCUT2D eigenvalue weighted by atomic mass is 15.0. The summed E-state index contributed by atoms with van der Waals surface area (Å²) in [6, 6.07) is 33.6. The molecular weight excluding hydrogens is 376 g/mol. The topological polar surface area (TPSA) is 9.34 Å². The maximum absolute atomic E-state index is 2.51. The lowest BCUT2D eigenvalue weighted by Crippen LogP contribution is -1.88. The Morgan fingerprint density at radius 2 is 1.10 bits per heavy atom. The number of aromatic nitrogens is 2. The van der Waals surface area contributed by atoms with Crippen molar-refractivity contribution < 1.29 is 0 Å². The Bertz CT molecular complexity index is 2000. The zero-order chi connectivity index (χ0) is 20.3. The predicted molar refractivity (Wildman–Crippen MR) is 133 cm³/mol. The number of fused-ring (bicyclic) bond motifs is 7. The van der Waals surface area contributed by atoms with E-state index in [0.29, 0.717) is 0 Å². The number of aryl methyl sites for hydroxylation is 1. The molecule has 31 heavy (non-hydrogen) atoms. The van der Waals surface area contributed by atoms with E-state index >= 15 is 0 Å². The second kappa shape index (κ2) is 5.16. The Labute approximate surface area is 177 Å². The molecule has 0 bridgehead atoms. The van der Waals surface area contributed by atoms with Gasteiger partial charge in [-0.15, -0.1) is 0 Å². The molecule has 2 heteroatoms. The minimum absolute atomic E-state index is 1.27. The molecule has 0 radical (unpaired) electrons. The fourth-order valence-electron chi connectivity index (χ4n) is 5.99. The van der Waals surface area contributed by atoms with Crippen LogP contribution in [0, 0.1) is 0 Å². The lowest BCUT2D eigenvalue weighted by molar-refractivity contribution is 1.01. The first kappa shape index (κ1) is 15.8. The van der Waals surface area contributed by atoms with Gasteiger partial charge in [0.2, 0.25) is 0 Å². The van der Waals surface area contributed by atoms with E-state index in [4.69, 9.17) is 0 Å². The van der Waals surface area contributed by atoms with Crippen molar-refractivity contribution in [3.63, 3.8) is 0 Å². The molecule has 0 N–H and O–H groups in total. The van der Waals surface area contributed by atoms with Gasteiger partial charge in [-0.05, 0) is 40.4 Å². The molecule has 0 amide bonds. The average molecular weight is 394 g/mol. The number of benzene rings is 5. The molecule has 0 aliphatic heterocycles. The van der Waals surface area contributed by atoms with Crippen LogP contribution in [0.25, 0.3) is 70.7 Å².